The van der Waals surface area contributed by atoms with Crippen LogP contribution in [0.25, 0.3) is 0 Å². The molecule has 0 heterocycles. The number of rotatable bonds is 4. The molecule has 0 aromatic heterocycles. The highest BCUT2D eigenvalue weighted by Gasteiger charge is 2.26. The predicted molar refractivity (Wildman–Crippen MR) is 68.9 cm³/mol. The molecule has 0 radical (unpaired) electrons. The number of aliphatic imine (C=N–C) groups is 1. The number of ether oxygens (including phenoxy) is 1. The molecule has 0 saturated heterocycles. The quantitative estimate of drug-likeness (QED) is 0.683. The van der Waals surface area contributed by atoms with Gasteiger partial charge in [-0.1, -0.05) is 0 Å². The number of halogens is 3. The molecule has 0 unspecified atom stereocenters. The van der Waals surface area contributed by atoms with Crippen molar-refractivity contribution in [3.8, 4) is 0 Å². The Kier molecular flexibility index (Phi) is 5.54. The Morgan fingerprint density at radius 3 is 2.25 bits per heavy atom. The molecule has 0 aliphatic rings. The van der Waals surface area contributed by atoms with Crippen molar-refractivity contribution < 1.29 is 22.7 Å². The molecule has 0 fully saturated rings. The molecule has 1 aromatic rings. The summed E-state index contributed by atoms with van der Waals surface area (Å²) < 4.78 is 40.9. The first-order chi connectivity index (χ1) is 9.37. The molecule has 0 bridgehead atoms. The Labute approximate surface area is 114 Å². The van der Waals surface area contributed by atoms with Gasteiger partial charge in [-0.3, -0.25) is 9.79 Å². The third-order valence-corrected chi connectivity index (χ3v) is 2.48. The van der Waals surface area contributed by atoms with E-state index in [1.165, 1.54) is 19.2 Å². The summed E-state index contributed by atoms with van der Waals surface area (Å²) in [4.78, 5) is 15.5. The molecule has 0 aliphatic carbocycles. The summed E-state index contributed by atoms with van der Waals surface area (Å²) in [7, 11) is 3.04. The lowest BCUT2D eigenvalue weighted by Crippen LogP contribution is -2.27. The summed E-state index contributed by atoms with van der Waals surface area (Å²) in [6.07, 6.45) is -5.32. The normalized spacial score (nSPS) is 12.2. The zero-order valence-electron chi connectivity index (χ0n) is 11.1. The largest absolute Gasteiger partial charge is 0.481 e. The first kappa shape index (κ1) is 16.0. The summed E-state index contributed by atoms with van der Waals surface area (Å²) >= 11 is 0. The van der Waals surface area contributed by atoms with E-state index in [0.29, 0.717) is 11.5 Å². The zero-order valence-corrected chi connectivity index (χ0v) is 11.1. The number of hydrogen-bond donors (Lipinski definition) is 1. The van der Waals surface area contributed by atoms with E-state index in [4.69, 9.17) is 4.74 Å². The van der Waals surface area contributed by atoms with Gasteiger partial charge in [0, 0.05) is 24.7 Å². The Balaban J connectivity index is 2.62. The minimum absolute atomic E-state index is 0.280. The molecule has 110 valence electrons. The van der Waals surface area contributed by atoms with Gasteiger partial charge in [0.25, 0.3) is 5.91 Å². The van der Waals surface area contributed by atoms with Gasteiger partial charge in [0.2, 0.25) is 5.90 Å². The second-order valence-corrected chi connectivity index (χ2v) is 3.93. The van der Waals surface area contributed by atoms with Gasteiger partial charge in [-0.25, -0.2) is 0 Å². The van der Waals surface area contributed by atoms with Gasteiger partial charge in [0.15, 0.2) is 0 Å². The fraction of sp³-hybridized carbons (Fsp3) is 0.385. The highest BCUT2D eigenvalue weighted by molar-refractivity contribution is 5.97. The Hall–Kier alpha value is -2.05. The van der Waals surface area contributed by atoms with Crippen molar-refractivity contribution in [2.45, 2.75) is 12.6 Å². The van der Waals surface area contributed by atoms with Crippen LogP contribution in [-0.2, 0) is 4.74 Å². The lowest BCUT2D eigenvalue weighted by molar-refractivity contribution is -0.132. The van der Waals surface area contributed by atoms with Gasteiger partial charge in [0.1, 0.15) is 0 Å². The lowest BCUT2D eigenvalue weighted by atomic mass is 10.1. The standard InChI is InChI=1S/C13H15F3N2O2/c1-17-12(20-2)10-5-3-9(4-6-10)11(19)18-8-7-13(14,15)16/h3-6H,7-8H2,1-2H3,(H,18,19). The van der Waals surface area contributed by atoms with Crippen molar-refractivity contribution in [1.29, 1.82) is 0 Å². The van der Waals surface area contributed by atoms with Crippen molar-refractivity contribution in [2.75, 3.05) is 20.7 Å². The fourth-order valence-electron chi connectivity index (χ4n) is 1.52. The smallest absolute Gasteiger partial charge is 0.390 e. The zero-order chi connectivity index (χ0) is 15.2. The predicted octanol–water partition coefficient (Wildman–Crippen LogP) is 2.39. The first-order valence-electron chi connectivity index (χ1n) is 5.83. The minimum atomic E-state index is -4.28. The molecule has 20 heavy (non-hydrogen) atoms. The van der Waals surface area contributed by atoms with Crippen LogP contribution in [-0.4, -0.2) is 38.7 Å². The van der Waals surface area contributed by atoms with Gasteiger partial charge in [-0.2, -0.15) is 13.2 Å². The van der Waals surface area contributed by atoms with Crippen LogP contribution in [0.15, 0.2) is 29.3 Å². The highest BCUT2D eigenvalue weighted by atomic mass is 19.4. The summed E-state index contributed by atoms with van der Waals surface area (Å²) in [5.74, 6) is -0.137. The number of hydrogen-bond acceptors (Lipinski definition) is 3. The van der Waals surface area contributed by atoms with Gasteiger partial charge < -0.3 is 10.1 Å². The first-order valence-corrected chi connectivity index (χ1v) is 5.83. The second-order valence-electron chi connectivity index (χ2n) is 3.93. The number of amides is 1. The Morgan fingerprint density at radius 1 is 1.25 bits per heavy atom. The maximum Gasteiger partial charge on any atom is 0.390 e. The number of nitrogens with zero attached hydrogens (tertiary/aromatic N) is 1. The number of nitrogens with one attached hydrogen (secondary N) is 1. The van der Waals surface area contributed by atoms with Crippen LogP contribution < -0.4 is 5.32 Å². The molecule has 7 heteroatoms. The van der Waals surface area contributed by atoms with E-state index in [-0.39, 0.29) is 5.56 Å². The number of benzene rings is 1. The van der Waals surface area contributed by atoms with Crippen molar-refractivity contribution in [3.05, 3.63) is 35.4 Å². The molecule has 4 nitrogen and oxygen atoms in total. The van der Waals surface area contributed by atoms with Gasteiger partial charge in [-0.05, 0) is 24.3 Å². The van der Waals surface area contributed by atoms with E-state index in [0.717, 1.165) is 0 Å². The molecule has 1 amide bonds. The molecule has 0 atom stereocenters. The average Bonchev–Trinajstić information content (AvgIpc) is 2.39. The molecule has 1 aromatic carbocycles. The van der Waals surface area contributed by atoms with Crippen molar-refractivity contribution in [2.24, 2.45) is 4.99 Å². The maximum atomic E-state index is 11.9. The SMILES string of the molecule is CN=C(OC)c1ccc(C(=O)NCCC(F)(F)F)cc1. The van der Waals surface area contributed by atoms with E-state index in [9.17, 15) is 18.0 Å². The topological polar surface area (TPSA) is 50.7 Å². The summed E-state index contributed by atoms with van der Waals surface area (Å²) in [6.45, 7) is -0.441. The molecular weight excluding hydrogens is 273 g/mol. The summed E-state index contributed by atoms with van der Waals surface area (Å²) in [5, 5.41) is 2.21. The van der Waals surface area contributed by atoms with E-state index in [1.807, 2.05) is 0 Å². The van der Waals surface area contributed by atoms with Crippen LogP contribution in [0.3, 0.4) is 0 Å². The van der Waals surface area contributed by atoms with E-state index in [1.54, 1.807) is 19.2 Å². The number of methoxy groups -OCH3 is 1. The van der Waals surface area contributed by atoms with Crippen LogP contribution in [0.5, 0.6) is 0 Å². The minimum Gasteiger partial charge on any atom is -0.481 e. The van der Waals surface area contributed by atoms with Crippen LogP contribution in [0, 0.1) is 0 Å². The number of alkyl halides is 3. The molecule has 1 N–H and O–H groups in total. The van der Waals surface area contributed by atoms with Crippen molar-refractivity contribution in [3.63, 3.8) is 0 Å². The lowest BCUT2D eigenvalue weighted by Gasteiger charge is -2.08. The van der Waals surface area contributed by atoms with Crippen LogP contribution in [0.2, 0.25) is 0 Å². The maximum absolute atomic E-state index is 11.9. The van der Waals surface area contributed by atoms with E-state index < -0.39 is 25.0 Å². The number of carbonyl (C=O) groups is 1. The summed E-state index contributed by atoms with van der Waals surface area (Å²) in [5.41, 5.74) is 0.962. The van der Waals surface area contributed by atoms with Crippen LogP contribution in [0.1, 0.15) is 22.3 Å². The average molecular weight is 288 g/mol. The van der Waals surface area contributed by atoms with Gasteiger partial charge in [0.05, 0.1) is 13.5 Å². The fourth-order valence-corrected chi connectivity index (χ4v) is 1.52. The van der Waals surface area contributed by atoms with E-state index >= 15 is 0 Å². The van der Waals surface area contributed by atoms with Gasteiger partial charge in [-0.15, -0.1) is 0 Å². The molecule has 0 aliphatic heterocycles. The van der Waals surface area contributed by atoms with Gasteiger partial charge >= 0.3 is 6.18 Å². The van der Waals surface area contributed by atoms with Crippen molar-refractivity contribution >= 4 is 11.8 Å². The monoisotopic (exact) mass is 288 g/mol. The highest BCUT2D eigenvalue weighted by Crippen LogP contribution is 2.18. The van der Waals surface area contributed by atoms with Crippen molar-refractivity contribution in [1.82, 2.24) is 5.32 Å². The van der Waals surface area contributed by atoms with E-state index in [2.05, 4.69) is 10.3 Å². The Bertz CT molecular complexity index is 481. The second kappa shape index (κ2) is 6.93. The Morgan fingerprint density at radius 2 is 1.80 bits per heavy atom. The molecule has 0 spiro atoms. The van der Waals surface area contributed by atoms with Crippen LogP contribution >= 0.6 is 0 Å². The third kappa shape index (κ3) is 4.91. The molecule has 0 saturated carbocycles. The number of carbonyl (C=O) groups excluding carboxylic acids is 1. The third-order valence-electron chi connectivity index (χ3n) is 2.48. The molecule has 1 rings (SSSR count). The molecular formula is C13H15F3N2O2. The summed E-state index contributed by atoms with van der Waals surface area (Å²) in [6, 6.07) is 6.24. The van der Waals surface area contributed by atoms with Crippen LogP contribution in [0.4, 0.5) is 13.2 Å².